The second kappa shape index (κ2) is 6.12. The summed E-state index contributed by atoms with van der Waals surface area (Å²) in [7, 11) is 0. The van der Waals surface area contributed by atoms with Crippen LogP contribution in [0.25, 0.3) is 11.0 Å². The molecule has 0 aliphatic rings. The fourth-order valence-electron chi connectivity index (χ4n) is 2.48. The molecule has 20 heavy (non-hydrogen) atoms. The van der Waals surface area contributed by atoms with Gasteiger partial charge in [0.1, 0.15) is 5.58 Å². The molecular weight excluding hydrogens is 250 g/mol. The van der Waals surface area contributed by atoms with Crippen LogP contribution in [0.15, 0.2) is 22.8 Å². The van der Waals surface area contributed by atoms with E-state index in [1.165, 1.54) is 11.1 Å². The maximum Gasteiger partial charge on any atom is 0.224 e. The van der Waals surface area contributed by atoms with Crippen LogP contribution in [0, 0.1) is 13.8 Å². The van der Waals surface area contributed by atoms with Crippen LogP contribution in [0.4, 0.5) is 0 Å². The second-order valence-corrected chi connectivity index (χ2v) is 5.63. The van der Waals surface area contributed by atoms with E-state index >= 15 is 0 Å². The number of benzene rings is 1. The van der Waals surface area contributed by atoms with Crippen LogP contribution >= 0.6 is 0 Å². The van der Waals surface area contributed by atoms with Crippen LogP contribution in [0.1, 0.15) is 43.4 Å². The first-order valence-electron chi connectivity index (χ1n) is 7.28. The Kier molecular flexibility index (Phi) is 4.48. The molecule has 0 aliphatic carbocycles. The van der Waals surface area contributed by atoms with E-state index in [-0.39, 0.29) is 11.9 Å². The number of nitrogens with one attached hydrogen (secondary N) is 1. The van der Waals surface area contributed by atoms with E-state index in [0.29, 0.717) is 6.42 Å². The number of carbonyl (C=O) groups excluding carboxylic acids is 1. The lowest BCUT2D eigenvalue weighted by atomic mass is 10.0. The number of amides is 1. The molecule has 1 aromatic carbocycles. The molecule has 3 heteroatoms. The van der Waals surface area contributed by atoms with Crippen LogP contribution in [0.5, 0.6) is 0 Å². The van der Waals surface area contributed by atoms with Crippen molar-refractivity contribution in [3.63, 3.8) is 0 Å². The highest BCUT2D eigenvalue weighted by atomic mass is 16.3. The van der Waals surface area contributed by atoms with Gasteiger partial charge in [-0.1, -0.05) is 13.3 Å². The Hall–Kier alpha value is -1.77. The SMILES string of the molecule is CCCC(C)NC(=O)Cc1coc2cc(C)c(C)cc12. The Labute approximate surface area is 120 Å². The largest absolute Gasteiger partial charge is 0.464 e. The fourth-order valence-corrected chi connectivity index (χ4v) is 2.48. The van der Waals surface area contributed by atoms with E-state index in [1.54, 1.807) is 6.26 Å². The summed E-state index contributed by atoms with van der Waals surface area (Å²) in [4.78, 5) is 12.0. The molecule has 2 rings (SSSR count). The maximum absolute atomic E-state index is 12.0. The van der Waals surface area contributed by atoms with Gasteiger partial charge in [0.2, 0.25) is 5.91 Å². The molecule has 108 valence electrons. The Morgan fingerprint density at radius 1 is 1.30 bits per heavy atom. The van der Waals surface area contributed by atoms with E-state index in [9.17, 15) is 4.79 Å². The average molecular weight is 273 g/mol. The lowest BCUT2D eigenvalue weighted by Crippen LogP contribution is -2.33. The third-order valence-corrected chi connectivity index (χ3v) is 3.75. The van der Waals surface area contributed by atoms with Gasteiger partial charge in [-0.05, 0) is 50.5 Å². The van der Waals surface area contributed by atoms with Crippen molar-refractivity contribution in [2.24, 2.45) is 0 Å². The molecule has 3 nitrogen and oxygen atoms in total. The monoisotopic (exact) mass is 273 g/mol. The minimum absolute atomic E-state index is 0.0619. The minimum Gasteiger partial charge on any atom is -0.464 e. The fraction of sp³-hybridized carbons (Fsp3) is 0.471. The first-order valence-corrected chi connectivity index (χ1v) is 7.28. The van der Waals surface area contributed by atoms with E-state index in [2.05, 4.69) is 32.2 Å². The van der Waals surface area contributed by atoms with Crippen molar-refractivity contribution in [1.82, 2.24) is 5.32 Å². The van der Waals surface area contributed by atoms with Crippen LogP contribution in [0.3, 0.4) is 0 Å². The van der Waals surface area contributed by atoms with Crippen molar-refractivity contribution in [3.8, 4) is 0 Å². The van der Waals surface area contributed by atoms with Crippen LogP contribution in [-0.2, 0) is 11.2 Å². The molecule has 0 bridgehead atoms. The molecule has 1 atom stereocenters. The molecule has 1 amide bonds. The van der Waals surface area contributed by atoms with E-state index in [1.807, 2.05) is 13.0 Å². The smallest absolute Gasteiger partial charge is 0.224 e. The van der Waals surface area contributed by atoms with Gasteiger partial charge in [-0.3, -0.25) is 4.79 Å². The standard InChI is InChI=1S/C17H23NO2/c1-5-6-13(4)18-17(19)9-14-10-20-16-8-12(3)11(2)7-15(14)16/h7-8,10,13H,5-6,9H2,1-4H3,(H,18,19). The van der Waals surface area contributed by atoms with Gasteiger partial charge in [0.25, 0.3) is 0 Å². The predicted octanol–water partition coefficient (Wildman–Crippen LogP) is 3.90. The summed E-state index contributed by atoms with van der Waals surface area (Å²) in [6.45, 7) is 8.31. The highest BCUT2D eigenvalue weighted by molar-refractivity contribution is 5.88. The van der Waals surface area contributed by atoms with Crippen molar-refractivity contribution in [3.05, 3.63) is 35.1 Å². The van der Waals surface area contributed by atoms with Gasteiger partial charge in [0, 0.05) is 17.0 Å². The van der Waals surface area contributed by atoms with Gasteiger partial charge < -0.3 is 9.73 Å². The molecule has 0 spiro atoms. The number of hydrogen-bond donors (Lipinski definition) is 1. The van der Waals surface area contributed by atoms with Gasteiger partial charge >= 0.3 is 0 Å². The number of aryl methyl sites for hydroxylation is 2. The third kappa shape index (κ3) is 3.21. The molecular formula is C17H23NO2. The summed E-state index contributed by atoms with van der Waals surface area (Å²) in [6, 6.07) is 4.37. The highest BCUT2D eigenvalue weighted by Crippen LogP contribution is 2.25. The van der Waals surface area contributed by atoms with E-state index in [0.717, 1.165) is 29.4 Å². The van der Waals surface area contributed by atoms with Crippen LogP contribution < -0.4 is 5.32 Å². The van der Waals surface area contributed by atoms with Crippen molar-refractivity contribution >= 4 is 16.9 Å². The van der Waals surface area contributed by atoms with Gasteiger partial charge in [-0.2, -0.15) is 0 Å². The molecule has 0 radical (unpaired) electrons. The molecule has 0 fully saturated rings. The number of rotatable bonds is 5. The van der Waals surface area contributed by atoms with Crippen LogP contribution in [-0.4, -0.2) is 11.9 Å². The number of fused-ring (bicyclic) bond motifs is 1. The zero-order valence-electron chi connectivity index (χ0n) is 12.7. The van der Waals surface area contributed by atoms with Crippen molar-refractivity contribution in [1.29, 1.82) is 0 Å². The molecule has 1 unspecified atom stereocenters. The Bertz CT molecular complexity index is 613. The summed E-state index contributed by atoms with van der Waals surface area (Å²) >= 11 is 0. The van der Waals surface area contributed by atoms with Gasteiger partial charge in [-0.15, -0.1) is 0 Å². The second-order valence-electron chi connectivity index (χ2n) is 5.63. The third-order valence-electron chi connectivity index (χ3n) is 3.75. The Morgan fingerprint density at radius 3 is 2.70 bits per heavy atom. The van der Waals surface area contributed by atoms with Crippen molar-refractivity contribution in [2.45, 2.75) is 53.0 Å². The van der Waals surface area contributed by atoms with E-state index in [4.69, 9.17) is 4.42 Å². The van der Waals surface area contributed by atoms with Gasteiger partial charge in [0.05, 0.1) is 12.7 Å². The molecule has 0 saturated carbocycles. The summed E-state index contributed by atoms with van der Waals surface area (Å²) in [5.74, 6) is 0.0619. The average Bonchev–Trinajstić information content (AvgIpc) is 2.72. The molecule has 0 saturated heterocycles. The summed E-state index contributed by atoms with van der Waals surface area (Å²) in [5, 5.41) is 4.08. The predicted molar refractivity (Wildman–Crippen MR) is 81.9 cm³/mol. The van der Waals surface area contributed by atoms with E-state index < -0.39 is 0 Å². The van der Waals surface area contributed by atoms with Crippen molar-refractivity contribution < 1.29 is 9.21 Å². The molecule has 1 N–H and O–H groups in total. The lowest BCUT2D eigenvalue weighted by Gasteiger charge is -2.12. The first-order chi connectivity index (χ1) is 9.51. The van der Waals surface area contributed by atoms with Crippen LogP contribution in [0.2, 0.25) is 0 Å². The summed E-state index contributed by atoms with van der Waals surface area (Å²) < 4.78 is 5.56. The number of furan rings is 1. The molecule has 1 heterocycles. The minimum atomic E-state index is 0.0619. The normalized spacial score (nSPS) is 12.6. The zero-order valence-corrected chi connectivity index (χ0v) is 12.7. The van der Waals surface area contributed by atoms with Gasteiger partial charge in [-0.25, -0.2) is 0 Å². The lowest BCUT2D eigenvalue weighted by molar-refractivity contribution is -0.121. The zero-order chi connectivity index (χ0) is 14.7. The highest BCUT2D eigenvalue weighted by Gasteiger charge is 2.13. The first kappa shape index (κ1) is 14.6. The maximum atomic E-state index is 12.0. The summed E-state index contributed by atoms with van der Waals surface area (Å²) in [5.41, 5.74) is 4.25. The topological polar surface area (TPSA) is 42.2 Å². The summed E-state index contributed by atoms with van der Waals surface area (Å²) in [6.07, 6.45) is 4.17. The Morgan fingerprint density at radius 2 is 2.00 bits per heavy atom. The Balaban J connectivity index is 2.14. The molecule has 1 aromatic heterocycles. The van der Waals surface area contributed by atoms with Crippen molar-refractivity contribution in [2.75, 3.05) is 0 Å². The molecule has 0 aliphatic heterocycles. The number of carbonyl (C=O) groups is 1. The molecule has 2 aromatic rings. The quantitative estimate of drug-likeness (QED) is 0.897. The number of hydrogen-bond acceptors (Lipinski definition) is 2. The van der Waals surface area contributed by atoms with Gasteiger partial charge in [0.15, 0.2) is 0 Å².